The highest BCUT2D eigenvalue weighted by atomic mass is 16.5. The number of aromatic nitrogens is 2. The van der Waals surface area contributed by atoms with Gasteiger partial charge in [-0.3, -0.25) is 10.9 Å². The molecule has 0 radical (unpaired) electrons. The number of para-hydroxylation sites is 1. The molecule has 2 aliphatic heterocycles. The van der Waals surface area contributed by atoms with Crippen LogP contribution in [0, 0.1) is 5.92 Å². The van der Waals surface area contributed by atoms with Crippen LogP contribution in [0.2, 0.25) is 0 Å². The summed E-state index contributed by atoms with van der Waals surface area (Å²) < 4.78 is 14.1. The average molecular weight is 380 g/mol. The Morgan fingerprint density at radius 3 is 2.96 bits per heavy atom. The Morgan fingerprint density at radius 1 is 1.11 bits per heavy atom. The molecule has 4 atom stereocenters. The van der Waals surface area contributed by atoms with Crippen molar-refractivity contribution in [1.82, 2.24) is 20.6 Å². The largest absolute Gasteiger partial charge is 0.493 e. The number of nitrogens with one attached hydrogen (secondary N) is 2. The monoisotopic (exact) mass is 380 g/mol. The Kier molecular flexibility index (Phi) is 4.82. The number of rotatable bonds is 0. The van der Waals surface area contributed by atoms with Gasteiger partial charge in [-0.25, -0.2) is 4.68 Å². The molecule has 1 aromatic carbocycles. The second-order valence-corrected chi connectivity index (χ2v) is 8.07. The van der Waals surface area contributed by atoms with Gasteiger partial charge < -0.3 is 9.47 Å². The van der Waals surface area contributed by atoms with Crippen molar-refractivity contribution < 1.29 is 9.47 Å². The molecule has 6 nitrogen and oxygen atoms in total. The first-order valence-corrected chi connectivity index (χ1v) is 10.4. The zero-order valence-corrected chi connectivity index (χ0v) is 16.3. The lowest BCUT2D eigenvalue weighted by molar-refractivity contribution is 0.229. The van der Waals surface area contributed by atoms with Crippen LogP contribution in [0.4, 0.5) is 0 Å². The van der Waals surface area contributed by atoms with E-state index in [1.54, 1.807) is 0 Å². The van der Waals surface area contributed by atoms with E-state index in [0.29, 0.717) is 37.1 Å². The zero-order chi connectivity index (χ0) is 18.9. The van der Waals surface area contributed by atoms with Crippen LogP contribution in [-0.2, 0) is 7.05 Å². The van der Waals surface area contributed by atoms with Gasteiger partial charge in [0.05, 0.1) is 19.4 Å². The van der Waals surface area contributed by atoms with Crippen LogP contribution < -0.4 is 20.3 Å². The van der Waals surface area contributed by atoms with Gasteiger partial charge in [0, 0.05) is 36.7 Å². The smallest absolute Gasteiger partial charge is 0.215 e. The van der Waals surface area contributed by atoms with E-state index < -0.39 is 0 Å². The number of hydrogen-bond acceptors (Lipinski definition) is 5. The molecule has 2 bridgehead atoms. The summed E-state index contributed by atoms with van der Waals surface area (Å²) >= 11 is 0. The summed E-state index contributed by atoms with van der Waals surface area (Å²) in [5.74, 6) is 2.90. The van der Waals surface area contributed by atoms with Gasteiger partial charge in [-0.15, -0.1) is 0 Å². The first-order chi connectivity index (χ1) is 13.8. The van der Waals surface area contributed by atoms with Gasteiger partial charge in [-0.2, -0.15) is 5.10 Å². The molecule has 5 rings (SSSR count). The van der Waals surface area contributed by atoms with Crippen molar-refractivity contribution in [2.75, 3.05) is 13.2 Å². The van der Waals surface area contributed by atoms with Crippen LogP contribution in [0.3, 0.4) is 0 Å². The molecule has 2 aromatic rings. The fourth-order valence-electron chi connectivity index (χ4n) is 4.83. The minimum atomic E-state index is 0.312. The first kappa shape index (κ1) is 17.8. The van der Waals surface area contributed by atoms with Crippen LogP contribution in [0.1, 0.15) is 42.7 Å². The van der Waals surface area contributed by atoms with E-state index in [1.807, 2.05) is 30.1 Å². The van der Waals surface area contributed by atoms with Crippen molar-refractivity contribution in [3.63, 3.8) is 0 Å². The summed E-state index contributed by atoms with van der Waals surface area (Å²) in [6, 6.07) is 9.08. The first-order valence-electron chi connectivity index (χ1n) is 10.4. The predicted octanol–water partition coefficient (Wildman–Crippen LogP) is 3.02. The summed E-state index contributed by atoms with van der Waals surface area (Å²) in [7, 11) is 1.97. The van der Waals surface area contributed by atoms with Crippen molar-refractivity contribution in [2.24, 2.45) is 13.0 Å². The lowest BCUT2D eigenvalue weighted by Crippen LogP contribution is -2.34. The molecule has 3 aliphatic rings. The Labute approximate surface area is 165 Å². The Bertz CT molecular complexity index is 862. The Balaban J connectivity index is 1.47. The van der Waals surface area contributed by atoms with Crippen molar-refractivity contribution in [1.29, 1.82) is 0 Å². The number of aryl methyl sites for hydroxylation is 1. The maximum Gasteiger partial charge on any atom is 0.215 e. The number of fused-ring (bicyclic) bond motifs is 4. The number of hydrogen-bond donors (Lipinski definition) is 2. The topological polar surface area (TPSA) is 60.3 Å². The van der Waals surface area contributed by atoms with Crippen LogP contribution >= 0.6 is 0 Å². The standard InChI is InChI=1S/C22H28N4O2/c1-26-22-18(14-23-26)16-8-10-20-17(13-16)19(24-25-20)9-7-15-5-2-3-6-21(15)27-11-4-12-28-22/h2-3,5-7,9,14,16-17,19-20,24-25H,4,8,10-13H2,1H3/b9-7+. The van der Waals surface area contributed by atoms with E-state index in [1.165, 1.54) is 18.4 Å². The lowest BCUT2D eigenvalue weighted by Gasteiger charge is -2.32. The minimum Gasteiger partial charge on any atom is -0.493 e. The van der Waals surface area contributed by atoms with Gasteiger partial charge in [-0.05, 0) is 37.2 Å². The summed E-state index contributed by atoms with van der Waals surface area (Å²) in [5, 5.41) is 4.49. The summed E-state index contributed by atoms with van der Waals surface area (Å²) in [4.78, 5) is 0. The van der Waals surface area contributed by atoms with E-state index in [4.69, 9.17) is 9.47 Å². The Morgan fingerprint density at radius 2 is 2.00 bits per heavy atom. The molecule has 1 aromatic heterocycles. The van der Waals surface area contributed by atoms with Crippen molar-refractivity contribution in [3.05, 3.63) is 47.7 Å². The molecule has 1 aliphatic carbocycles. The van der Waals surface area contributed by atoms with Crippen LogP contribution in [-0.4, -0.2) is 35.1 Å². The highest BCUT2D eigenvalue weighted by molar-refractivity contribution is 5.57. The molecule has 4 unspecified atom stereocenters. The molecule has 3 heterocycles. The minimum absolute atomic E-state index is 0.312. The van der Waals surface area contributed by atoms with Gasteiger partial charge >= 0.3 is 0 Å². The van der Waals surface area contributed by atoms with Crippen LogP contribution in [0.5, 0.6) is 11.6 Å². The quantitative estimate of drug-likeness (QED) is 0.736. The third-order valence-corrected chi connectivity index (χ3v) is 6.33. The van der Waals surface area contributed by atoms with E-state index in [-0.39, 0.29) is 0 Å². The highest BCUT2D eigenvalue weighted by Crippen LogP contribution is 2.42. The predicted molar refractivity (Wildman–Crippen MR) is 108 cm³/mol. The maximum absolute atomic E-state index is 6.16. The van der Waals surface area contributed by atoms with Gasteiger partial charge in [0.2, 0.25) is 5.88 Å². The molecule has 2 fully saturated rings. The molecule has 0 spiro atoms. The highest BCUT2D eigenvalue weighted by Gasteiger charge is 2.40. The average Bonchev–Trinajstić information content (AvgIpc) is 3.29. The van der Waals surface area contributed by atoms with E-state index in [0.717, 1.165) is 30.0 Å². The lowest BCUT2D eigenvalue weighted by atomic mass is 9.74. The molecule has 1 saturated heterocycles. The van der Waals surface area contributed by atoms with Crippen LogP contribution in [0.25, 0.3) is 6.08 Å². The summed E-state index contributed by atoms with van der Waals surface area (Å²) in [5.41, 5.74) is 9.41. The zero-order valence-electron chi connectivity index (χ0n) is 16.3. The number of benzene rings is 1. The van der Waals surface area contributed by atoms with Crippen molar-refractivity contribution in [2.45, 2.75) is 43.7 Å². The molecular formula is C22H28N4O2. The molecule has 148 valence electrons. The van der Waals surface area contributed by atoms with E-state index in [2.05, 4.69) is 40.2 Å². The molecule has 2 N–H and O–H groups in total. The van der Waals surface area contributed by atoms with Gasteiger partial charge in [0.25, 0.3) is 0 Å². The third-order valence-electron chi connectivity index (χ3n) is 6.33. The van der Waals surface area contributed by atoms with Gasteiger partial charge in [0.15, 0.2) is 0 Å². The molecule has 6 heteroatoms. The molecule has 1 saturated carbocycles. The van der Waals surface area contributed by atoms with Crippen molar-refractivity contribution >= 4 is 6.08 Å². The van der Waals surface area contributed by atoms with Crippen LogP contribution in [0.15, 0.2) is 36.5 Å². The third kappa shape index (κ3) is 3.31. The fraction of sp³-hybridized carbons (Fsp3) is 0.500. The number of nitrogens with zero attached hydrogens (tertiary/aromatic N) is 2. The van der Waals surface area contributed by atoms with Gasteiger partial charge in [0.1, 0.15) is 5.75 Å². The SMILES string of the molecule is Cn1ncc2c1OCCCOc1ccccc1/C=C/C1NNC3CCC2CC13. The molecular weight excluding hydrogens is 352 g/mol. The van der Waals surface area contributed by atoms with Crippen molar-refractivity contribution in [3.8, 4) is 11.6 Å². The number of hydrazine groups is 1. The van der Waals surface area contributed by atoms with Gasteiger partial charge in [-0.1, -0.05) is 30.4 Å². The normalized spacial score (nSPS) is 30.8. The fourth-order valence-corrected chi connectivity index (χ4v) is 4.83. The van der Waals surface area contributed by atoms with E-state index >= 15 is 0 Å². The maximum atomic E-state index is 6.16. The van der Waals surface area contributed by atoms with E-state index in [9.17, 15) is 0 Å². The molecule has 0 amide bonds. The number of ether oxygens (including phenoxy) is 2. The second-order valence-electron chi connectivity index (χ2n) is 8.07. The molecule has 28 heavy (non-hydrogen) atoms. The second kappa shape index (κ2) is 7.60. The summed E-state index contributed by atoms with van der Waals surface area (Å²) in [6.45, 7) is 1.27. The summed E-state index contributed by atoms with van der Waals surface area (Å²) in [6.07, 6.45) is 10.8. The Hall–Kier alpha value is -2.31.